The van der Waals surface area contributed by atoms with E-state index in [0.717, 1.165) is 4.47 Å². The highest BCUT2D eigenvalue weighted by Crippen LogP contribution is 2.36. The molecule has 0 saturated carbocycles. The van der Waals surface area contributed by atoms with Crippen molar-refractivity contribution in [3.05, 3.63) is 58.6 Å². The molecule has 0 aliphatic carbocycles. The van der Waals surface area contributed by atoms with Gasteiger partial charge in [-0.3, -0.25) is 14.5 Å². The van der Waals surface area contributed by atoms with Crippen LogP contribution < -0.4 is 15.0 Å². The highest BCUT2D eigenvalue weighted by molar-refractivity contribution is 9.10. The molecule has 0 saturated heterocycles. The van der Waals surface area contributed by atoms with Gasteiger partial charge in [0, 0.05) is 16.1 Å². The van der Waals surface area contributed by atoms with Crippen LogP contribution in [0.4, 0.5) is 11.4 Å². The van der Waals surface area contributed by atoms with Crippen molar-refractivity contribution in [1.82, 2.24) is 0 Å². The van der Waals surface area contributed by atoms with Crippen LogP contribution in [-0.2, 0) is 19.1 Å². The minimum atomic E-state index is -1.13. The Kier molecular flexibility index (Phi) is 6.26. The Bertz CT molecular complexity index is 1030. The number of ether oxygens (including phenoxy) is 2. The number of nitrogens with one attached hydrogen (secondary N) is 1. The molecule has 30 heavy (non-hydrogen) atoms. The molecule has 2 aromatic rings. The minimum absolute atomic E-state index is 0.317. The average Bonchev–Trinajstić information content (AvgIpc) is 2.71. The number of amides is 2. The molecule has 1 heterocycles. The number of halogens is 1. The molecule has 0 bridgehead atoms. The molecule has 3 rings (SSSR count). The number of hydrogen-bond acceptors (Lipinski definition) is 5. The molecule has 2 aromatic carbocycles. The topological polar surface area (TPSA) is 84.9 Å². The van der Waals surface area contributed by atoms with Gasteiger partial charge < -0.3 is 14.8 Å². The number of benzene rings is 2. The molecule has 2 amide bonds. The van der Waals surface area contributed by atoms with Crippen LogP contribution in [0.3, 0.4) is 0 Å². The fourth-order valence-electron chi connectivity index (χ4n) is 3.14. The first-order valence-corrected chi connectivity index (χ1v) is 9.95. The first-order chi connectivity index (χ1) is 14.2. The maximum atomic E-state index is 12.9. The first kappa shape index (κ1) is 21.6. The summed E-state index contributed by atoms with van der Waals surface area (Å²) in [4.78, 5) is 38.8. The quantitative estimate of drug-likeness (QED) is 0.528. The van der Waals surface area contributed by atoms with Gasteiger partial charge in [-0.15, -0.1) is 0 Å². The second kappa shape index (κ2) is 8.71. The fraction of sp³-hybridized carbons (Fsp3) is 0.227. The third-order valence-electron chi connectivity index (χ3n) is 4.69. The van der Waals surface area contributed by atoms with Crippen LogP contribution in [0.15, 0.2) is 53.0 Å². The molecule has 7 nitrogen and oxygen atoms in total. The Morgan fingerprint density at radius 1 is 1.20 bits per heavy atom. The molecule has 0 fully saturated rings. The van der Waals surface area contributed by atoms with Gasteiger partial charge in [-0.25, -0.2) is 4.79 Å². The SMILES string of the molecule is COc1ccc(Br)cc1/C=C/C(=O)OCC(=O)N1c2ccccc2NC(=O)C1(C)C. The van der Waals surface area contributed by atoms with Crippen LogP contribution in [-0.4, -0.2) is 37.0 Å². The number of methoxy groups -OCH3 is 1. The lowest BCUT2D eigenvalue weighted by Gasteiger charge is -2.41. The summed E-state index contributed by atoms with van der Waals surface area (Å²) in [6, 6.07) is 12.4. The smallest absolute Gasteiger partial charge is 0.331 e. The zero-order chi connectivity index (χ0) is 21.9. The molecule has 8 heteroatoms. The van der Waals surface area contributed by atoms with Gasteiger partial charge in [-0.2, -0.15) is 0 Å². The number of carbonyl (C=O) groups is 3. The van der Waals surface area contributed by atoms with Crippen LogP contribution >= 0.6 is 15.9 Å². The molecule has 0 spiro atoms. The van der Waals surface area contributed by atoms with E-state index in [1.165, 1.54) is 18.1 Å². The Labute approximate surface area is 182 Å². The van der Waals surface area contributed by atoms with E-state index in [1.807, 2.05) is 6.07 Å². The predicted molar refractivity (Wildman–Crippen MR) is 117 cm³/mol. The highest BCUT2D eigenvalue weighted by Gasteiger charge is 2.43. The summed E-state index contributed by atoms with van der Waals surface area (Å²) >= 11 is 3.37. The number of nitrogens with zero attached hydrogens (tertiary/aromatic N) is 1. The van der Waals surface area contributed by atoms with E-state index in [1.54, 1.807) is 56.3 Å². The van der Waals surface area contributed by atoms with Gasteiger partial charge in [0.1, 0.15) is 11.3 Å². The third-order valence-corrected chi connectivity index (χ3v) is 5.18. The fourth-order valence-corrected chi connectivity index (χ4v) is 3.52. The van der Waals surface area contributed by atoms with Crippen molar-refractivity contribution in [1.29, 1.82) is 0 Å². The Morgan fingerprint density at radius 2 is 1.93 bits per heavy atom. The van der Waals surface area contributed by atoms with Crippen LogP contribution in [0.2, 0.25) is 0 Å². The summed E-state index contributed by atoms with van der Waals surface area (Å²) in [5, 5.41) is 2.79. The molecular weight excluding hydrogens is 452 g/mol. The zero-order valence-electron chi connectivity index (χ0n) is 16.8. The molecule has 1 aliphatic heterocycles. The van der Waals surface area contributed by atoms with Crippen LogP contribution in [0.1, 0.15) is 19.4 Å². The summed E-state index contributed by atoms with van der Waals surface area (Å²) in [5.74, 6) is -0.902. The lowest BCUT2D eigenvalue weighted by molar-refractivity contribution is -0.143. The monoisotopic (exact) mass is 472 g/mol. The first-order valence-electron chi connectivity index (χ1n) is 9.16. The number of anilines is 2. The van der Waals surface area contributed by atoms with Crippen molar-refractivity contribution in [2.24, 2.45) is 0 Å². The standard InChI is InChI=1S/C22H21BrN2O5/c1-22(2)21(28)24-16-6-4-5-7-17(16)25(22)19(26)13-30-20(27)11-8-14-12-15(23)9-10-18(14)29-3/h4-12H,13H2,1-3H3,(H,24,28)/b11-8+. The van der Waals surface area contributed by atoms with E-state index in [2.05, 4.69) is 21.2 Å². The van der Waals surface area contributed by atoms with Gasteiger partial charge in [-0.1, -0.05) is 28.1 Å². The van der Waals surface area contributed by atoms with Gasteiger partial charge in [0.05, 0.1) is 18.5 Å². The summed E-state index contributed by atoms with van der Waals surface area (Å²) < 4.78 is 11.2. The zero-order valence-corrected chi connectivity index (χ0v) is 18.4. The van der Waals surface area contributed by atoms with Gasteiger partial charge in [-0.05, 0) is 50.3 Å². The second-order valence-electron chi connectivity index (χ2n) is 7.09. The van der Waals surface area contributed by atoms with Crippen molar-refractivity contribution in [2.75, 3.05) is 23.9 Å². The Balaban J connectivity index is 1.72. The Morgan fingerprint density at radius 3 is 2.67 bits per heavy atom. The average molecular weight is 473 g/mol. The maximum absolute atomic E-state index is 12.9. The normalized spacial score (nSPS) is 14.8. The molecule has 0 radical (unpaired) electrons. The van der Waals surface area contributed by atoms with Crippen molar-refractivity contribution in [2.45, 2.75) is 19.4 Å². The summed E-state index contributed by atoms with van der Waals surface area (Å²) in [5.41, 5.74) is 0.635. The summed E-state index contributed by atoms with van der Waals surface area (Å²) in [7, 11) is 1.53. The number of hydrogen-bond donors (Lipinski definition) is 1. The van der Waals surface area contributed by atoms with Crippen molar-refractivity contribution >= 4 is 51.2 Å². The maximum Gasteiger partial charge on any atom is 0.331 e. The number of carbonyl (C=O) groups excluding carboxylic acids is 3. The molecule has 0 aromatic heterocycles. The number of esters is 1. The highest BCUT2D eigenvalue weighted by atomic mass is 79.9. The van der Waals surface area contributed by atoms with Gasteiger partial charge in [0.15, 0.2) is 6.61 Å². The van der Waals surface area contributed by atoms with E-state index in [9.17, 15) is 14.4 Å². The van der Waals surface area contributed by atoms with E-state index in [-0.39, 0.29) is 5.91 Å². The molecule has 156 valence electrons. The number of rotatable bonds is 5. The number of fused-ring (bicyclic) bond motifs is 1. The van der Waals surface area contributed by atoms with Gasteiger partial charge >= 0.3 is 5.97 Å². The van der Waals surface area contributed by atoms with Gasteiger partial charge in [0.2, 0.25) is 5.91 Å². The third kappa shape index (κ3) is 4.38. The summed E-state index contributed by atoms with van der Waals surface area (Å²) in [6.07, 6.45) is 2.77. The predicted octanol–water partition coefficient (Wildman–Crippen LogP) is 3.78. The van der Waals surface area contributed by atoms with E-state index >= 15 is 0 Å². The van der Waals surface area contributed by atoms with E-state index < -0.39 is 24.0 Å². The summed E-state index contributed by atoms with van der Waals surface area (Å²) in [6.45, 7) is 2.78. The molecular formula is C22H21BrN2O5. The lowest BCUT2D eigenvalue weighted by atomic mass is 9.96. The van der Waals surface area contributed by atoms with Crippen molar-refractivity contribution < 1.29 is 23.9 Å². The van der Waals surface area contributed by atoms with Crippen molar-refractivity contribution in [3.63, 3.8) is 0 Å². The second-order valence-corrected chi connectivity index (χ2v) is 8.00. The number of para-hydroxylation sites is 2. The van der Waals surface area contributed by atoms with Crippen LogP contribution in [0.5, 0.6) is 5.75 Å². The van der Waals surface area contributed by atoms with Crippen molar-refractivity contribution in [3.8, 4) is 5.75 Å². The Hall–Kier alpha value is -3.13. The molecule has 0 atom stereocenters. The minimum Gasteiger partial charge on any atom is -0.496 e. The van der Waals surface area contributed by atoms with Gasteiger partial charge in [0.25, 0.3) is 5.91 Å². The lowest BCUT2D eigenvalue weighted by Crippen LogP contribution is -2.59. The molecule has 1 aliphatic rings. The van der Waals surface area contributed by atoms with E-state index in [4.69, 9.17) is 9.47 Å². The molecule has 1 N–H and O–H groups in total. The molecule has 0 unspecified atom stereocenters. The van der Waals surface area contributed by atoms with Crippen LogP contribution in [0.25, 0.3) is 6.08 Å². The van der Waals surface area contributed by atoms with Crippen LogP contribution in [0, 0.1) is 0 Å². The largest absolute Gasteiger partial charge is 0.496 e. The van der Waals surface area contributed by atoms with E-state index in [0.29, 0.717) is 22.7 Å².